The molecule has 5 heteroatoms. The highest BCUT2D eigenvalue weighted by Crippen LogP contribution is 2.46. The number of likely N-dealkylation sites (N-methyl/N-ethyl adjacent to an activating group) is 1. The summed E-state index contributed by atoms with van der Waals surface area (Å²) in [4.78, 5) is 17.2. The number of thioether (sulfide) groups is 1. The Hall–Kier alpha value is -1.98. The van der Waals surface area contributed by atoms with Crippen molar-refractivity contribution in [1.29, 1.82) is 0 Å². The molecule has 4 rings (SSSR count). The lowest BCUT2D eigenvalue weighted by Gasteiger charge is -2.48. The fraction of sp³-hybridized carbons (Fsp3) is 0.458. The van der Waals surface area contributed by atoms with E-state index in [1.165, 1.54) is 12.0 Å². The van der Waals surface area contributed by atoms with Gasteiger partial charge in [0.1, 0.15) is 5.75 Å². The van der Waals surface area contributed by atoms with E-state index >= 15 is 0 Å². The minimum atomic E-state index is -0.383. The fourth-order valence-electron chi connectivity index (χ4n) is 5.34. The maximum absolute atomic E-state index is 13.7. The molecule has 2 fully saturated rings. The molecule has 0 saturated carbocycles. The number of benzene rings is 2. The van der Waals surface area contributed by atoms with Crippen molar-refractivity contribution in [2.45, 2.75) is 55.1 Å². The summed E-state index contributed by atoms with van der Waals surface area (Å²) < 4.78 is 5.62. The average Bonchev–Trinajstić information content (AvgIpc) is 2.99. The molecule has 0 aromatic heterocycles. The molecular formula is C24H30N2O2S. The number of carbonyl (C=O) groups excluding carboxylic acids is 1. The van der Waals surface area contributed by atoms with Gasteiger partial charge in [0.05, 0.1) is 18.2 Å². The number of fused-ring (bicyclic) bond motifs is 2. The summed E-state index contributed by atoms with van der Waals surface area (Å²) in [7, 11) is 3.85. The molecule has 0 spiro atoms. The summed E-state index contributed by atoms with van der Waals surface area (Å²) in [5.74, 6) is 0.595. The van der Waals surface area contributed by atoms with Gasteiger partial charge >= 0.3 is 0 Å². The topological polar surface area (TPSA) is 41.6 Å². The van der Waals surface area contributed by atoms with Gasteiger partial charge in [-0.25, -0.2) is 0 Å². The Morgan fingerprint density at radius 2 is 1.97 bits per heavy atom. The van der Waals surface area contributed by atoms with Gasteiger partial charge in [-0.05, 0) is 69.2 Å². The highest BCUT2D eigenvalue weighted by atomic mass is 32.2. The number of hydrogen-bond acceptors (Lipinski definition) is 4. The molecule has 0 unspecified atom stereocenters. The minimum absolute atomic E-state index is 0.0474. The third-order valence-electron chi connectivity index (χ3n) is 6.78. The van der Waals surface area contributed by atoms with Crippen LogP contribution in [0.15, 0.2) is 47.4 Å². The lowest BCUT2D eigenvalue weighted by atomic mass is 9.76. The van der Waals surface area contributed by atoms with Crippen LogP contribution < -0.4 is 10.1 Å². The molecule has 0 radical (unpaired) electrons. The molecular weight excluding hydrogens is 380 g/mol. The van der Waals surface area contributed by atoms with Crippen LogP contribution in [-0.2, 0) is 5.54 Å². The van der Waals surface area contributed by atoms with Gasteiger partial charge in [-0.15, -0.1) is 11.8 Å². The second-order valence-electron chi connectivity index (χ2n) is 8.29. The zero-order valence-corrected chi connectivity index (χ0v) is 18.5. The quantitative estimate of drug-likeness (QED) is 0.731. The van der Waals surface area contributed by atoms with Crippen LogP contribution in [0.3, 0.4) is 0 Å². The molecule has 2 heterocycles. The number of rotatable bonds is 5. The summed E-state index contributed by atoms with van der Waals surface area (Å²) in [6.07, 6.45) is 6.38. The van der Waals surface area contributed by atoms with E-state index in [-0.39, 0.29) is 11.4 Å². The second kappa shape index (κ2) is 8.04. The van der Waals surface area contributed by atoms with E-state index in [0.717, 1.165) is 29.7 Å². The first kappa shape index (κ1) is 20.3. The number of carbonyl (C=O) groups is 1. The fourth-order valence-corrected chi connectivity index (χ4v) is 6.04. The van der Waals surface area contributed by atoms with Gasteiger partial charge < -0.3 is 10.1 Å². The van der Waals surface area contributed by atoms with Crippen molar-refractivity contribution >= 4 is 17.7 Å². The van der Waals surface area contributed by atoms with E-state index in [4.69, 9.17) is 4.74 Å². The first-order chi connectivity index (χ1) is 14.0. The van der Waals surface area contributed by atoms with Crippen molar-refractivity contribution in [3.8, 4) is 5.75 Å². The van der Waals surface area contributed by atoms with Gasteiger partial charge in [0.2, 0.25) is 0 Å². The Balaban J connectivity index is 1.78. The van der Waals surface area contributed by atoms with Crippen LogP contribution in [0.1, 0.15) is 47.2 Å². The zero-order valence-electron chi connectivity index (χ0n) is 17.7. The first-order valence-electron chi connectivity index (χ1n) is 10.3. The zero-order chi connectivity index (χ0) is 20.6. The smallest absolute Gasteiger partial charge is 0.256 e. The number of ether oxygens (including phenoxy) is 1. The summed E-state index contributed by atoms with van der Waals surface area (Å²) in [6.45, 7) is 2.03. The van der Waals surface area contributed by atoms with Crippen LogP contribution in [-0.4, -0.2) is 43.3 Å². The Morgan fingerprint density at radius 3 is 2.66 bits per heavy atom. The molecule has 2 aliphatic heterocycles. The van der Waals surface area contributed by atoms with Crippen molar-refractivity contribution in [2.24, 2.45) is 0 Å². The van der Waals surface area contributed by atoms with Crippen LogP contribution in [0.2, 0.25) is 0 Å². The number of amides is 1. The van der Waals surface area contributed by atoms with Crippen molar-refractivity contribution in [2.75, 3.05) is 20.4 Å². The summed E-state index contributed by atoms with van der Waals surface area (Å²) in [6, 6.07) is 15.5. The Bertz CT molecular complexity index is 876. The summed E-state index contributed by atoms with van der Waals surface area (Å²) >= 11 is 1.59. The lowest BCUT2D eigenvalue weighted by Crippen LogP contribution is -2.61. The highest BCUT2D eigenvalue weighted by molar-refractivity contribution is 7.98. The van der Waals surface area contributed by atoms with E-state index in [2.05, 4.69) is 47.6 Å². The van der Waals surface area contributed by atoms with Crippen molar-refractivity contribution in [3.05, 3.63) is 59.2 Å². The van der Waals surface area contributed by atoms with Gasteiger partial charge in [-0.1, -0.05) is 30.3 Å². The molecule has 2 bridgehead atoms. The number of aryl methyl sites for hydroxylation is 1. The monoisotopic (exact) mass is 410 g/mol. The molecule has 2 saturated heterocycles. The lowest BCUT2D eigenvalue weighted by molar-refractivity contribution is 0.0549. The molecule has 1 N–H and O–H groups in total. The molecule has 1 amide bonds. The molecule has 2 aromatic rings. The molecule has 3 atom stereocenters. The Morgan fingerprint density at radius 1 is 1.21 bits per heavy atom. The van der Waals surface area contributed by atoms with Crippen LogP contribution in [0.5, 0.6) is 5.75 Å². The van der Waals surface area contributed by atoms with Crippen molar-refractivity contribution in [3.63, 3.8) is 0 Å². The Labute approximate surface area is 178 Å². The molecule has 0 aliphatic carbocycles. The molecule has 2 aromatic carbocycles. The summed E-state index contributed by atoms with van der Waals surface area (Å²) in [5, 5.41) is 3.52. The van der Waals surface area contributed by atoms with Crippen LogP contribution in [0.4, 0.5) is 0 Å². The standard InChI is InChI=1S/C24H30N2O2S/c1-16-14-19(28-3)22(20(15-16)29-4)23(27)25-24(17-8-6-5-7-9-17)13-12-18-10-11-21(24)26(18)2/h5-9,14-15,18,21H,10-13H2,1-4H3,(H,25,27)/t18-,21+,24+/m1/s1. The third kappa shape index (κ3) is 3.44. The minimum Gasteiger partial charge on any atom is -0.496 e. The van der Waals surface area contributed by atoms with E-state index in [1.54, 1.807) is 18.9 Å². The number of methoxy groups -OCH3 is 1. The third-order valence-corrected chi connectivity index (χ3v) is 7.55. The summed E-state index contributed by atoms with van der Waals surface area (Å²) in [5.41, 5.74) is 2.55. The van der Waals surface area contributed by atoms with Gasteiger partial charge in [-0.3, -0.25) is 9.69 Å². The number of piperidine rings is 1. The maximum atomic E-state index is 13.7. The predicted molar refractivity (Wildman–Crippen MR) is 119 cm³/mol. The van der Waals surface area contributed by atoms with Crippen LogP contribution in [0, 0.1) is 6.92 Å². The van der Waals surface area contributed by atoms with Gasteiger partial charge in [0.25, 0.3) is 5.91 Å². The van der Waals surface area contributed by atoms with Gasteiger partial charge in [0.15, 0.2) is 0 Å². The molecule has 154 valence electrons. The van der Waals surface area contributed by atoms with Crippen molar-refractivity contribution < 1.29 is 9.53 Å². The number of nitrogens with one attached hydrogen (secondary N) is 1. The van der Waals surface area contributed by atoms with E-state index in [0.29, 0.717) is 23.4 Å². The molecule has 4 nitrogen and oxygen atoms in total. The predicted octanol–water partition coefficient (Wildman–Crippen LogP) is 4.61. The first-order valence-corrected chi connectivity index (χ1v) is 11.5. The normalized spacial score (nSPS) is 26.3. The van der Waals surface area contributed by atoms with E-state index in [1.807, 2.05) is 25.3 Å². The van der Waals surface area contributed by atoms with Gasteiger partial charge in [-0.2, -0.15) is 0 Å². The largest absolute Gasteiger partial charge is 0.496 e. The molecule has 29 heavy (non-hydrogen) atoms. The number of nitrogens with zero attached hydrogens (tertiary/aromatic N) is 1. The SMILES string of the molecule is COc1cc(C)cc(SC)c1C(=O)N[C@]1(c2ccccc2)CC[C@H]2CC[C@@H]1N2C. The highest BCUT2D eigenvalue weighted by Gasteiger charge is 2.52. The average molecular weight is 411 g/mol. The van der Waals surface area contributed by atoms with Crippen molar-refractivity contribution in [1.82, 2.24) is 10.2 Å². The number of hydrogen-bond donors (Lipinski definition) is 1. The Kier molecular flexibility index (Phi) is 5.63. The van der Waals surface area contributed by atoms with Crippen LogP contribution >= 0.6 is 11.8 Å². The van der Waals surface area contributed by atoms with E-state index < -0.39 is 0 Å². The van der Waals surface area contributed by atoms with Crippen LogP contribution in [0.25, 0.3) is 0 Å². The molecule has 2 aliphatic rings. The maximum Gasteiger partial charge on any atom is 0.256 e. The second-order valence-corrected chi connectivity index (χ2v) is 9.14. The van der Waals surface area contributed by atoms with E-state index in [9.17, 15) is 4.79 Å². The van der Waals surface area contributed by atoms with Gasteiger partial charge in [0, 0.05) is 17.0 Å².